The van der Waals surface area contributed by atoms with Gasteiger partial charge >= 0.3 is 0 Å². The molecule has 5 rings (SSSR count). The highest BCUT2D eigenvalue weighted by Gasteiger charge is 2.29. The lowest BCUT2D eigenvalue weighted by Crippen LogP contribution is -2.40. The van der Waals surface area contributed by atoms with Crippen molar-refractivity contribution in [2.24, 2.45) is 7.05 Å². The fraction of sp³-hybridized carbons (Fsp3) is 0.435. The number of imidazole rings is 1. The van der Waals surface area contributed by atoms with Gasteiger partial charge in [0, 0.05) is 45.5 Å². The van der Waals surface area contributed by atoms with Crippen LogP contribution >= 0.6 is 0 Å². The molecule has 3 heterocycles. The monoisotopic (exact) mass is 389 g/mol. The van der Waals surface area contributed by atoms with Crippen LogP contribution in [-0.4, -0.2) is 62.5 Å². The number of hydrogen-bond acceptors (Lipinski definition) is 4. The molecule has 2 aromatic heterocycles. The van der Waals surface area contributed by atoms with E-state index in [4.69, 9.17) is 0 Å². The Labute approximate surface area is 171 Å². The predicted molar refractivity (Wildman–Crippen MR) is 113 cm³/mol. The second-order valence-electron chi connectivity index (χ2n) is 8.26. The highest BCUT2D eigenvalue weighted by atomic mass is 16.2. The number of fused-ring (bicyclic) bond motifs is 2. The maximum Gasteiger partial charge on any atom is 0.256 e. The molecule has 0 saturated carbocycles. The largest absolute Gasteiger partial charge is 0.337 e. The predicted octanol–water partition coefficient (Wildman–Crippen LogP) is 2.59. The van der Waals surface area contributed by atoms with Gasteiger partial charge in [0.2, 0.25) is 0 Å². The summed E-state index contributed by atoms with van der Waals surface area (Å²) in [5, 5.41) is 0. The molecular weight excluding hydrogens is 362 g/mol. The van der Waals surface area contributed by atoms with E-state index in [9.17, 15) is 4.79 Å². The molecule has 1 amide bonds. The first-order valence-electron chi connectivity index (χ1n) is 10.5. The molecule has 0 spiro atoms. The Morgan fingerprint density at radius 3 is 2.55 bits per heavy atom. The number of carbonyl (C=O) groups is 1. The second-order valence-corrected chi connectivity index (χ2v) is 8.26. The van der Waals surface area contributed by atoms with E-state index >= 15 is 0 Å². The molecule has 1 saturated heterocycles. The van der Waals surface area contributed by atoms with E-state index in [-0.39, 0.29) is 5.91 Å². The molecule has 3 aromatic rings. The fourth-order valence-electron chi connectivity index (χ4n) is 4.83. The Balaban J connectivity index is 1.32. The van der Waals surface area contributed by atoms with Crippen molar-refractivity contribution < 1.29 is 4.79 Å². The van der Waals surface area contributed by atoms with Crippen LogP contribution < -0.4 is 0 Å². The van der Waals surface area contributed by atoms with Gasteiger partial charge in [-0.3, -0.25) is 9.69 Å². The van der Waals surface area contributed by atoms with Crippen molar-refractivity contribution in [3.63, 3.8) is 0 Å². The van der Waals surface area contributed by atoms with E-state index < -0.39 is 0 Å². The maximum absolute atomic E-state index is 13.3. The normalized spacial score (nSPS) is 18.2. The summed E-state index contributed by atoms with van der Waals surface area (Å²) in [6.07, 6.45) is 4.98. The molecule has 29 heavy (non-hydrogen) atoms. The second kappa shape index (κ2) is 7.26. The molecule has 1 aliphatic heterocycles. The molecule has 0 bridgehead atoms. The molecule has 1 aliphatic carbocycles. The number of nitrogens with zero attached hydrogens (tertiary/aromatic N) is 5. The van der Waals surface area contributed by atoms with E-state index in [1.807, 2.05) is 29.5 Å². The number of benzene rings is 1. The van der Waals surface area contributed by atoms with E-state index in [1.165, 1.54) is 11.1 Å². The summed E-state index contributed by atoms with van der Waals surface area (Å²) in [5.74, 6) is 0.947. The zero-order valence-electron chi connectivity index (χ0n) is 17.1. The summed E-state index contributed by atoms with van der Waals surface area (Å²) in [6, 6.07) is 11.2. The van der Waals surface area contributed by atoms with Crippen molar-refractivity contribution in [3.8, 4) is 0 Å². The maximum atomic E-state index is 13.3. The van der Waals surface area contributed by atoms with Gasteiger partial charge in [-0.1, -0.05) is 24.3 Å². The minimum Gasteiger partial charge on any atom is -0.337 e. The number of amides is 1. The minimum atomic E-state index is 0.0760. The van der Waals surface area contributed by atoms with Crippen LogP contribution in [0, 0.1) is 6.92 Å². The molecule has 0 unspecified atom stereocenters. The van der Waals surface area contributed by atoms with Gasteiger partial charge in [0.15, 0.2) is 5.65 Å². The third-order valence-corrected chi connectivity index (χ3v) is 6.58. The van der Waals surface area contributed by atoms with Crippen LogP contribution in [0.1, 0.15) is 33.7 Å². The number of aromatic nitrogens is 3. The Kier molecular flexibility index (Phi) is 4.59. The van der Waals surface area contributed by atoms with Crippen molar-refractivity contribution in [2.45, 2.75) is 32.2 Å². The van der Waals surface area contributed by atoms with Gasteiger partial charge in [-0.15, -0.1) is 0 Å². The van der Waals surface area contributed by atoms with Crippen molar-refractivity contribution >= 4 is 17.1 Å². The van der Waals surface area contributed by atoms with E-state index in [0.717, 1.165) is 56.9 Å². The molecule has 0 atom stereocenters. The van der Waals surface area contributed by atoms with E-state index in [1.54, 1.807) is 6.20 Å². The van der Waals surface area contributed by atoms with Crippen molar-refractivity contribution in [1.29, 1.82) is 0 Å². The Hall–Kier alpha value is -2.73. The number of pyridine rings is 1. The lowest BCUT2D eigenvalue weighted by atomic mass is 10.1. The van der Waals surface area contributed by atoms with Gasteiger partial charge < -0.3 is 9.47 Å². The first-order chi connectivity index (χ1) is 14.1. The molecule has 150 valence electrons. The SMILES string of the molecule is Cc1nc2c(C(=O)N3CCCN(C4Cc5ccccc5C4)CC3)ccnc2n1C. The van der Waals surface area contributed by atoms with Crippen LogP contribution in [0.25, 0.3) is 11.2 Å². The Morgan fingerprint density at radius 1 is 1.03 bits per heavy atom. The zero-order chi connectivity index (χ0) is 20.0. The van der Waals surface area contributed by atoms with Crippen molar-refractivity contribution in [2.75, 3.05) is 26.2 Å². The average molecular weight is 390 g/mol. The summed E-state index contributed by atoms with van der Waals surface area (Å²) in [7, 11) is 1.94. The van der Waals surface area contributed by atoms with Crippen LogP contribution in [0.15, 0.2) is 36.5 Å². The molecule has 2 aliphatic rings. The van der Waals surface area contributed by atoms with Gasteiger partial charge in [-0.25, -0.2) is 9.97 Å². The quantitative estimate of drug-likeness (QED) is 0.676. The number of rotatable bonds is 2. The third kappa shape index (κ3) is 3.21. The van der Waals surface area contributed by atoms with Crippen LogP contribution in [0.5, 0.6) is 0 Å². The van der Waals surface area contributed by atoms with Crippen molar-refractivity contribution in [3.05, 3.63) is 59.0 Å². The molecule has 0 radical (unpaired) electrons. The molecule has 1 fully saturated rings. The summed E-state index contributed by atoms with van der Waals surface area (Å²) in [6.45, 7) is 5.49. The molecular formula is C23H27N5O. The number of aryl methyl sites for hydroxylation is 2. The van der Waals surface area contributed by atoms with Gasteiger partial charge in [0.1, 0.15) is 11.3 Å². The summed E-state index contributed by atoms with van der Waals surface area (Å²) in [5.41, 5.74) is 5.12. The topological polar surface area (TPSA) is 54.3 Å². The highest BCUT2D eigenvalue weighted by molar-refractivity contribution is 6.04. The van der Waals surface area contributed by atoms with Crippen LogP contribution in [0.3, 0.4) is 0 Å². The van der Waals surface area contributed by atoms with Crippen LogP contribution in [-0.2, 0) is 19.9 Å². The van der Waals surface area contributed by atoms with Crippen LogP contribution in [0.2, 0.25) is 0 Å². The van der Waals surface area contributed by atoms with E-state index in [2.05, 4.69) is 39.1 Å². The van der Waals surface area contributed by atoms with Crippen molar-refractivity contribution in [1.82, 2.24) is 24.3 Å². The smallest absolute Gasteiger partial charge is 0.256 e. The number of carbonyl (C=O) groups excluding carboxylic acids is 1. The minimum absolute atomic E-state index is 0.0760. The summed E-state index contributed by atoms with van der Waals surface area (Å²) in [4.78, 5) is 26.9. The lowest BCUT2D eigenvalue weighted by molar-refractivity contribution is 0.0760. The summed E-state index contributed by atoms with van der Waals surface area (Å²) < 4.78 is 1.94. The molecule has 1 aromatic carbocycles. The third-order valence-electron chi connectivity index (χ3n) is 6.58. The van der Waals surface area contributed by atoms with E-state index in [0.29, 0.717) is 17.1 Å². The molecule has 6 heteroatoms. The average Bonchev–Trinajstić information content (AvgIpc) is 3.18. The zero-order valence-corrected chi connectivity index (χ0v) is 17.1. The molecule has 0 N–H and O–H groups in total. The van der Waals surface area contributed by atoms with Gasteiger partial charge in [0.25, 0.3) is 5.91 Å². The van der Waals surface area contributed by atoms with Gasteiger partial charge in [-0.05, 0) is 43.4 Å². The molecule has 6 nitrogen and oxygen atoms in total. The highest BCUT2D eigenvalue weighted by Crippen LogP contribution is 2.26. The van der Waals surface area contributed by atoms with Crippen LogP contribution in [0.4, 0.5) is 0 Å². The first kappa shape index (κ1) is 18.3. The lowest BCUT2D eigenvalue weighted by Gasteiger charge is -2.27. The van der Waals surface area contributed by atoms with Gasteiger partial charge in [-0.2, -0.15) is 0 Å². The Morgan fingerprint density at radius 2 is 1.79 bits per heavy atom. The fourth-order valence-corrected chi connectivity index (χ4v) is 4.83. The number of hydrogen-bond donors (Lipinski definition) is 0. The van der Waals surface area contributed by atoms with Gasteiger partial charge in [0.05, 0.1) is 5.56 Å². The first-order valence-corrected chi connectivity index (χ1v) is 10.5. The standard InChI is InChI=1S/C23H27N5O/c1-16-25-21-20(8-9-24-22(21)26(16)2)23(29)28-11-5-10-27(12-13-28)19-14-17-6-3-4-7-18(17)15-19/h3-4,6-9,19H,5,10-15H2,1-2H3. The summed E-state index contributed by atoms with van der Waals surface area (Å²) >= 11 is 0. The Bertz CT molecular complexity index is 1050.